The third kappa shape index (κ3) is 4.12. The lowest BCUT2D eigenvalue weighted by molar-refractivity contribution is -0.134. The van der Waals surface area contributed by atoms with Crippen molar-refractivity contribution in [1.82, 2.24) is 0 Å². The summed E-state index contributed by atoms with van der Waals surface area (Å²) in [6.07, 6.45) is 1.37. The molecule has 1 aromatic rings. The molecule has 0 atom stereocenters. The minimum atomic E-state index is -0.147. The third-order valence-electron chi connectivity index (χ3n) is 1.57. The fourth-order valence-electron chi connectivity index (χ4n) is 0.912. The predicted molar refractivity (Wildman–Crippen MR) is 72.9 cm³/mol. The highest BCUT2D eigenvalue weighted by Crippen LogP contribution is 2.20. The van der Waals surface area contributed by atoms with Crippen LogP contribution in [-0.2, 0) is 4.79 Å². The molecule has 0 aliphatic rings. The summed E-state index contributed by atoms with van der Waals surface area (Å²) in [5.41, 5.74) is 0. The van der Waals surface area contributed by atoms with Gasteiger partial charge in [-0.05, 0) is 41.1 Å². The monoisotopic (exact) mass is 416 g/mol. The average Bonchev–Trinajstić information content (AvgIpc) is 2.18. The first-order chi connectivity index (χ1) is 6.74. The Balaban J connectivity index is 2.52. The molecule has 0 amide bonds. The van der Waals surface area contributed by atoms with E-state index in [1.54, 1.807) is 0 Å². The van der Waals surface area contributed by atoms with Crippen LogP contribution < -0.4 is 4.74 Å². The molecule has 0 heterocycles. The minimum Gasteiger partial charge on any atom is -0.425 e. The van der Waals surface area contributed by atoms with Crippen molar-refractivity contribution in [2.45, 2.75) is 12.8 Å². The maximum Gasteiger partial charge on any atom is 0.311 e. The summed E-state index contributed by atoms with van der Waals surface area (Å²) < 4.78 is 7.15. The highest BCUT2D eigenvalue weighted by Gasteiger charge is 2.06. The number of carbonyl (C=O) groups is 1. The maximum absolute atomic E-state index is 11.3. The molecule has 14 heavy (non-hydrogen) atoms. The summed E-state index contributed by atoms with van der Waals surface area (Å²) >= 11 is 4.40. The van der Waals surface area contributed by atoms with Gasteiger partial charge in [0, 0.05) is 10.8 Å². The van der Waals surface area contributed by atoms with Crippen LogP contribution in [0.4, 0.5) is 0 Å². The van der Waals surface area contributed by atoms with Crippen LogP contribution in [0.1, 0.15) is 12.8 Å². The van der Waals surface area contributed by atoms with Gasteiger partial charge in [-0.2, -0.15) is 0 Å². The quantitative estimate of drug-likeness (QED) is 0.326. The first-order valence-electron chi connectivity index (χ1n) is 4.25. The lowest BCUT2D eigenvalue weighted by Crippen LogP contribution is -2.08. The maximum atomic E-state index is 11.3. The Hall–Kier alpha value is 0.150. The summed E-state index contributed by atoms with van der Waals surface area (Å²) in [6, 6.07) is 7.51. The third-order valence-corrected chi connectivity index (χ3v) is 3.23. The molecule has 4 heteroatoms. The Morgan fingerprint density at radius 1 is 1.36 bits per heavy atom. The number of carbonyl (C=O) groups excluding carboxylic acids is 1. The number of esters is 1. The molecular weight excluding hydrogens is 406 g/mol. The Kier molecular flexibility index (Phi) is 5.76. The van der Waals surface area contributed by atoms with E-state index >= 15 is 0 Å². The molecule has 2 nitrogen and oxygen atoms in total. The molecular formula is C10H10I2O2. The summed E-state index contributed by atoms with van der Waals surface area (Å²) in [5, 5.41) is 0. The summed E-state index contributed by atoms with van der Waals surface area (Å²) in [4.78, 5) is 11.3. The number of hydrogen-bond acceptors (Lipinski definition) is 2. The van der Waals surface area contributed by atoms with Gasteiger partial charge in [0.1, 0.15) is 5.75 Å². The topological polar surface area (TPSA) is 26.3 Å². The second kappa shape index (κ2) is 6.60. The van der Waals surface area contributed by atoms with Crippen molar-refractivity contribution in [2.24, 2.45) is 0 Å². The van der Waals surface area contributed by atoms with Gasteiger partial charge in [0.15, 0.2) is 0 Å². The number of para-hydroxylation sites is 1. The first kappa shape index (κ1) is 12.2. The molecule has 0 radical (unpaired) electrons. The van der Waals surface area contributed by atoms with E-state index < -0.39 is 0 Å². The molecule has 0 fully saturated rings. The van der Waals surface area contributed by atoms with Crippen molar-refractivity contribution in [3.05, 3.63) is 27.8 Å². The van der Waals surface area contributed by atoms with Crippen LogP contribution in [0.2, 0.25) is 0 Å². The zero-order chi connectivity index (χ0) is 10.4. The first-order valence-corrected chi connectivity index (χ1v) is 6.85. The van der Waals surface area contributed by atoms with Crippen LogP contribution in [0.15, 0.2) is 24.3 Å². The van der Waals surface area contributed by atoms with Gasteiger partial charge in [-0.25, -0.2) is 0 Å². The van der Waals surface area contributed by atoms with Crippen LogP contribution in [0, 0.1) is 3.57 Å². The van der Waals surface area contributed by atoms with Crippen LogP contribution in [0.25, 0.3) is 0 Å². The van der Waals surface area contributed by atoms with Crippen LogP contribution in [-0.4, -0.2) is 10.4 Å². The molecule has 0 spiro atoms. The van der Waals surface area contributed by atoms with Crippen LogP contribution >= 0.6 is 45.2 Å². The van der Waals surface area contributed by atoms with Gasteiger partial charge < -0.3 is 4.74 Å². The average molecular weight is 416 g/mol. The molecule has 0 unspecified atom stereocenters. The van der Waals surface area contributed by atoms with Crippen molar-refractivity contribution < 1.29 is 9.53 Å². The molecule has 0 bridgehead atoms. The fourth-order valence-corrected chi connectivity index (χ4v) is 1.79. The van der Waals surface area contributed by atoms with E-state index in [1.807, 2.05) is 24.3 Å². The lowest BCUT2D eigenvalue weighted by Gasteiger charge is -2.04. The summed E-state index contributed by atoms with van der Waals surface area (Å²) in [6.45, 7) is 0. The summed E-state index contributed by atoms with van der Waals surface area (Å²) in [7, 11) is 0. The molecule has 0 saturated carbocycles. The van der Waals surface area contributed by atoms with E-state index in [4.69, 9.17) is 4.74 Å². The number of hydrogen-bond donors (Lipinski definition) is 0. The number of halogens is 2. The van der Waals surface area contributed by atoms with E-state index in [0.717, 1.165) is 14.4 Å². The van der Waals surface area contributed by atoms with Crippen LogP contribution in [0.3, 0.4) is 0 Å². The molecule has 0 saturated heterocycles. The van der Waals surface area contributed by atoms with Gasteiger partial charge in [-0.1, -0.05) is 34.7 Å². The zero-order valence-corrected chi connectivity index (χ0v) is 11.8. The second-order valence-corrected chi connectivity index (χ2v) is 4.94. The second-order valence-electron chi connectivity index (χ2n) is 2.70. The molecule has 0 aliphatic carbocycles. The van der Waals surface area contributed by atoms with Crippen molar-refractivity contribution >= 4 is 51.2 Å². The smallest absolute Gasteiger partial charge is 0.311 e. The van der Waals surface area contributed by atoms with E-state index in [2.05, 4.69) is 45.2 Å². The largest absolute Gasteiger partial charge is 0.425 e. The molecule has 0 aromatic heterocycles. The molecule has 1 rings (SSSR count). The molecule has 1 aromatic carbocycles. The molecule has 0 N–H and O–H groups in total. The van der Waals surface area contributed by atoms with Crippen LogP contribution in [0.5, 0.6) is 5.75 Å². The van der Waals surface area contributed by atoms with E-state index in [0.29, 0.717) is 12.2 Å². The Labute approximate surface area is 111 Å². The SMILES string of the molecule is O=C(CCCI)Oc1ccccc1I. The van der Waals surface area contributed by atoms with Gasteiger partial charge in [0.05, 0.1) is 3.57 Å². The normalized spacial score (nSPS) is 9.86. The van der Waals surface area contributed by atoms with Gasteiger partial charge >= 0.3 is 5.97 Å². The number of ether oxygens (including phenoxy) is 1. The van der Waals surface area contributed by atoms with Crippen molar-refractivity contribution in [1.29, 1.82) is 0 Å². The highest BCUT2D eigenvalue weighted by molar-refractivity contribution is 14.1. The van der Waals surface area contributed by atoms with Crippen molar-refractivity contribution in [3.8, 4) is 5.75 Å². The Bertz CT molecular complexity index is 313. The van der Waals surface area contributed by atoms with Crippen molar-refractivity contribution in [2.75, 3.05) is 4.43 Å². The minimum absolute atomic E-state index is 0.147. The number of benzene rings is 1. The van der Waals surface area contributed by atoms with E-state index in [1.165, 1.54) is 0 Å². The van der Waals surface area contributed by atoms with Gasteiger partial charge in [-0.3, -0.25) is 4.79 Å². The van der Waals surface area contributed by atoms with Crippen molar-refractivity contribution in [3.63, 3.8) is 0 Å². The Morgan fingerprint density at radius 2 is 2.07 bits per heavy atom. The molecule has 76 valence electrons. The van der Waals surface area contributed by atoms with Gasteiger partial charge in [-0.15, -0.1) is 0 Å². The molecule has 0 aliphatic heterocycles. The zero-order valence-electron chi connectivity index (χ0n) is 7.50. The standard InChI is InChI=1S/C10H10I2O2/c11-7-3-6-10(13)14-9-5-2-1-4-8(9)12/h1-2,4-5H,3,6-7H2. The van der Waals surface area contributed by atoms with E-state index in [9.17, 15) is 4.79 Å². The summed E-state index contributed by atoms with van der Waals surface area (Å²) in [5.74, 6) is 0.511. The lowest BCUT2D eigenvalue weighted by atomic mass is 10.3. The number of alkyl halides is 1. The van der Waals surface area contributed by atoms with E-state index in [-0.39, 0.29) is 5.97 Å². The highest BCUT2D eigenvalue weighted by atomic mass is 127. The van der Waals surface area contributed by atoms with Gasteiger partial charge in [0.2, 0.25) is 0 Å². The Morgan fingerprint density at radius 3 is 2.71 bits per heavy atom. The van der Waals surface area contributed by atoms with Gasteiger partial charge in [0.25, 0.3) is 0 Å². The predicted octanol–water partition coefficient (Wildman–Crippen LogP) is 3.41. The fraction of sp³-hybridized carbons (Fsp3) is 0.300. The number of rotatable bonds is 4.